The molecular formula is C11H13IO. The highest BCUT2D eigenvalue weighted by atomic mass is 127. The maximum atomic E-state index is 11.8. The summed E-state index contributed by atoms with van der Waals surface area (Å²) in [5, 5.41) is 0. The van der Waals surface area contributed by atoms with E-state index in [4.69, 9.17) is 0 Å². The van der Waals surface area contributed by atoms with Crippen molar-refractivity contribution in [3.05, 3.63) is 33.4 Å². The van der Waals surface area contributed by atoms with Crippen molar-refractivity contribution in [2.75, 3.05) is 0 Å². The Morgan fingerprint density at radius 2 is 1.62 bits per heavy atom. The molecule has 0 spiro atoms. The first kappa shape index (κ1) is 10.7. The third kappa shape index (κ3) is 2.79. The molecule has 0 radical (unpaired) electrons. The van der Waals surface area contributed by atoms with Crippen LogP contribution in [0.25, 0.3) is 0 Å². The standard InChI is InChI=1S/C11H13IO/c1-11(2,3)10(13)8-4-6-9(12)7-5-8/h4-7H,1-3H3. The van der Waals surface area contributed by atoms with Crippen molar-refractivity contribution in [3.8, 4) is 0 Å². The molecule has 0 fully saturated rings. The van der Waals surface area contributed by atoms with E-state index in [1.165, 1.54) is 0 Å². The van der Waals surface area contributed by atoms with Gasteiger partial charge in [-0.3, -0.25) is 4.79 Å². The van der Waals surface area contributed by atoms with Gasteiger partial charge in [0.15, 0.2) is 5.78 Å². The predicted octanol–water partition coefficient (Wildman–Crippen LogP) is 3.52. The van der Waals surface area contributed by atoms with Gasteiger partial charge in [0.2, 0.25) is 0 Å². The van der Waals surface area contributed by atoms with E-state index in [1.54, 1.807) is 0 Å². The van der Waals surface area contributed by atoms with E-state index < -0.39 is 0 Å². The van der Waals surface area contributed by atoms with Gasteiger partial charge in [-0.1, -0.05) is 32.9 Å². The lowest BCUT2D eigenvalue weighted by molar-refractivity contribution is 0.0858. The summed E-state index contributed by atoms with van der Waals surface area (Å²) in [7, 11) is 0. The quantitative estimate of drug-likeness (QED) is 0.571. The zero-order chi connectivity index (χ0) is 10.1. The van der Waals surface area contributed by atoms with Crippen molar-refractivity contribution in [2.45, 2.75) is 20.8 Å². The molecule has 0 unspecified atom stereocenters. The molecule has 70 valence electrons. The molecule has 0 bridgehead atoms. The molecule has 1 nitrogen and oxygen atoms in total. The van der Waals surface area contributed by atoms with Gasteiger partial charge >= 0.3 is 0 Å². The van der Waals surface area contributed by atoms with Gasteiger partial charge in [0.05, 0.1) is 0 Å². The van der Waals surface area contributed by atoms with Crippen LogP contribution >= 0.6 is 22.6 Å². The van der Waals surface area contributed by atoms with E-state index in [0.29, 0.717) is 0 Å². The molecule has 1 aromatic carbocycles. The number of hydrogen-bond donors (Lipinski definition) is 0. The monoisotopic (exact) mass is 288 g/mol. The molecule has 0 saturated carbocycles. The summed E-state index contributed by atoms with van der Waals surface area (Å²) >= 11 is 2.23. The smallest absolute Gasteiger partial charge is 0.168 e. The highest BCUT2D eigenvalue weighted by Crippen LogP contribution is 2.21. The molecule has 0 atom stereocenters. The minimum absolute atomic E-state index is 0.198. The van der Waals surface area contributed by atoms with E-state index in [-0.39, 0.29) is 11.2 Å². The molecule has 2 heteroatoms. The second kappa shape index (κ2) is 3.78. The topological polar surface area (TPSA) is 17.1 Å². The summed E-state index contributed by atoms with van der Waals surface area (Å²) < 4.78 is 1.16. The lowest BCUT2D eigenvalue weighted by atomic mass is 9.87. The molecule has 0 aromatic heterocycles. The Balaban J connectivity index is 2.97. The fraction of sp³-hybridized carbons (Fsp3) is 0.364. The molecule has 0 aliphatic heterocycles. The maximum absolute atomic E-state index is 11.8. The average molecular weight is 288 g/mol. The highest BCUT2D eigenvalue weighted by Gasteiger charge is 2.22. The molecule has 1 rings (SSSR count). The van der Waals surface area contributed by atoms with Crippen molar-refractivity contribution in [1.82, 2.24) is 0 Å². The van der Waals surface area contributed by atoms with Crippen molar-refractivity contribution in [1.29, 1.82) is 0 Å². The van der Waals surface area contributed by atoms with Crippen LogP contribution in [-0.4, -0.2) is 5.78 Å². The molecule has 0 amide bonds. The van der Waals surface area contributed by atoms with Crippen molar-refractivity contribution >= 4 is 28.4 Å². The van der Waals surface area contributed by atoms with Crippen LogP contribution in [0.5, 0.6) is 0 Å². The van der Waals surface area contributed by atoms with Crippen molar-refractivity contribution < 1.29 is 4.79 Å². The number of ketones is 1. The van der Waals surface area contributed by atoms with Gasteiger partial charge in [-0.25, -0.2) is 0 Å². The first-order valence-electron chi connectivity index (χ1n) is 4.21. The maximum Gasteiger partial charge on any atom is 0.168 e. The summed E-state index contributed by atoms with van der Waals surface area (Å²) in [4.78, 5) is 11.8. The number of benzene rings is 1. The Labute approximate surface area is 92.7 Å². The van der Waals surface area contributed by atoms with Crippen LogP contribution in [0.1, 0.15) is 31.1 Å². The third-order valence-electron chi connectivity index (χ3n) is 1.79. The summed E-state index contributed by atoms with van der Waals surface area (Å²) in [5.74, 6) is 0.198. The van der Waals surface area contributed by atoms with E-state index in [2.05, 4.69) is 22.6 Å². The summed E-state index contributed by atoms with van der Waals surface area (Å²) in [6, 6.07) is 7.68. The molecule has 0 aliphatic carbocycles. The number of Topliss-reactive ketones (excluding diaryl/α,β-unsaturated/α-hetero) is 1. The molecule has 0 saturated heterocycles. The lowest BCUT2D eigenvalue weighted by Crippen LogP contribution is -2.19. The summed E-state index contributed by atoms with van der Waals surface area (Å²) in [6.07, 6.45) is 0. The van der Waals surface area contributed by atoms with Crippen LogP contribution in [0.15, 0.2) is 24.3 Å². The van der Waals surface area contributed by atoms with Gasteiger partial charge in [-0.2, -0.15) is 0 Å². The minimum Gasteiger partial charge on any atom is -0.294 e. The van der Waals surface area contributed by atoms with Gasteiger partial charge in [-0.05, 0) is 34.7 Å². The molecule has 0 N–H and O–H groups in total. The Kier molecular flexibility index (Phi) is 3.11. The van der Waals surface area contributed by atoms with Crippen LogP contribution in [0, 0.1) is 8.99 Å². The van der Waals surface area contributed by atoms with Crippen LogP contribution in [0.2, 0.25) is 0 Å². The second-order valence-electron chi connectivity index (χ2n) is 4.09. The number of carbonyl (C=O) groups is 1. The second-order valence-corrected chi connectivity index (χ2v) is 5.33. The van der Waals surface area contributed by atoms with Gasteiger partial charge in [0.25, 0.3) is 0 Å². The third-order valence-corrected chi connectivity index (χ3v) is 2.51. The predicted molar refractivity (Wildman–Crippen MR) is 62.9 cm³/mol. The number of hydrogen-bond acceptors (Lipinski definition) is 1. The normalized spacial score (nSPS) is 11.4. The van der Waals surface area contributed by atoms with Gasteiger partial charge in [0.1, 0.15) is 0 Å². The van der Waals surface area contributed by atoms with E-state index in [0.717, 1.165) is 9.13 Å². The first-order chi connectivity index (χ1) is 5.91. The van der Waals surface area contributed by atoms with Crippen LogP contribution in [0.4, 0.5) is 0 Å². The Hall–Kier alpha value is -0.380. The van der Waals surface area contributed by atoms with Crippen molar-refractivity contribution in [2.24, 2.45) is 5.41 Å². The average Bonchev–Trinajstić information content (AvgIpc) is 2.03. The summed E-state index contributed by atoms with van der Waals surface area (Å²) in [5.41, 5.74) is 0.514. The van der Waals surface area contributed by atoms with Crippen LogP contribution in [-0.2, 0) is 0 Å². The zero-order valence-corrected chi connectivity index (χ0v) is 10.3. The van der Waals surface area contributed by atoms with Gasteiger partial charge in [-0.15, -0.1) is 0 Å². The largest absolute Gasteiger partial charge is 0.294 e. The van der Waals surface area contributed by atoms with E-state index in [1.807, 2.05) is 45.0 Å². The molecule has 1 aromatic rings. The van der Waals surface area contributed by atoms with Crippen LogP contribution in [0.3, 0.4) is 0 Å². The number of rotatable bonds is 1. The lowest BCUT2D eigenvalue weighted by Gasteiger charge is -2.16. The van der Waals surface area contributed by atoms with Crippen molar-refractivity contribution in [3.63, 3.8) is 0 Å². The highest BCUT2D eigenvalue weighted by molar-refractivity contribution is 14.1. The first-order valence-corrected chi connectivity index (χ1v) is 5.29. The minimum atomic E-state index is -0.285. The number of halogens is 1. The Morgan fingerprint density at radius 3 is 2.00 bits per heavy atom. The Bertz CT molecular complexity index is 306. The zero-order valence-electron chi connectivity index (χ0n) is 8.10. The van der Waals surface area contributed by atoms with E-state index >= 15 is 0 Å². The Morgan fingerprint density at radius 1 is 1.15 bits per heavy atom. The molecular weight excluding hydrogens is 275 g/mol. The van der Waals surface area contributed by atoms with Gasteiger partial charge < -0.3 is 0 Å². The van der Waals surface area contributed by atoms with E-state index in [9.17, 15) is 4.79 Å². The molecule has 0 heterocycles. The van der Waals surface area contributed by atoms with Gasteiger partial charge in [0, 0.05) is 14.5 Å². The fourth-order valence-electron chi connectivity index (χ4n) is 1.03. The molecule has 13 heavy (non-hydrogen) atoms. The SMILES string of the molecule is CC(C)(C)C(=O)c1ccc(I)cc1. The number of carbonyl (C=O) groups excluding carboxylic acids is 1. The summed E-state index contributed by atoms with van der Waals surface area (Å²) in [6.45, 7) is 5.81. The molecule has 0 aliphatic rings. The fourth-order valence-corrected chi connectivity index (χ4v) is 1.39. The van der Waals surface area contributed by atoms with Crippen LogP contribution < -0.4 is 0 Å².